The van der Waals surface area contributed by atoms with Crippen LogP contribution >= 0.6 is 11.3 Å². The summed E-state index contributed by atoms with van der Waals surface area (Å²) in [5.41, 5.74) is 1.76. The van der Waals surface area contributed by atoms with Crippen LogP contribution in [0.3, 0.4) is 0 Å². The Labute approximate surface area is 221 Å². The number of morpholine rings is 1. The number of anilines is 1. The van der Waals surface area contributed by atoms with Crippen molar-refractivity contribution >= 4 is 34.3 Å². The lowest BCUT2D eigenvalue weighted by Crippen LogP contribution is -2.52. The number of nitrogens with one attached hydrogen (secondary N) is 2. The zero-order valence-electron chi connectivity index (χ0n) is 21.1. The number of urea groups is 1. The molecule has 0 bridgehead atoms. The van der Waals surface area contributed by atoms with Gasteiger partial charge in [-0.15, -0.1) is 11.3 Å². The van der Waals surface area contributed by atoms with Crippen molar-refractivity contribution in [2.24, 2.45) is 0 Å². The fourth-order valence-electron chi connectivity index (χ4n) is 5.50. The molecule has 1 aromatic heterocycles. The summed E-state index contributed by atoms with van der Waals surface area (Å²) in [4.78, 5) is 48.1. The maximum Gasteiger partial charge on any atom is 0.318 e. The minimum Gasteiger partial charge on any atom is -0.378 e. The minimum atomic E-state index is -0.872. The molecule has 198 valence electrons. The summed E-state index contributed by atoms with van der Waals surface area (Å²) in [5, 5.41) is 8.53. The second-order valence-electron chi connectivity index (χ2n) is 9.98. The highest BCUT2D eigenvalue weighted by atomic mass is 32.1. The smallest absolute Gasteiger partial charge is 0.318 e. The van der Waals surface area contributed by atoms with Crippen LogP contribution in [0.25, 0.3) is 0 Å². The summed E-state index contributed by atoms with van der Waals surface area (Å²) in [6.45, 7) is 2.38. The first-order chi connectivity index (χ1) is 18.1. The molecule has 3 aliphatic rings. The molecule has 0 unspecified atom stereocenters. The first-order valence-electron chi connectivity index (χ1n) is 13.3. The van der Waals surface area contributed by atoms with E-state index in [1.165, 1.54) is 30.6 Å². The Morgan fingerprint density at radius 1 is 0.973 bits per heavy atom. The zero-order valence-corrected chi connectivity index (χ0v) is 21.9. The molecular formula is C27H35N5O4S. The van der Waals surface area contributed by atoms with Crippen molar-refractivity contribution in [3.63, 3.8) is 0 Å². The van der Waals surface area contributed by atoms with Crippen LogP contribution in [-0.4, -0.2) is 71.5 Å². The van der Waals surface area contributed by atoms with E-state index in [4.69, 9.17) is 9.72 Å². The number of nitrogens with zero attached hydrogens (tertiary/aromatic N) is 3. The van der Waals surface area contributed by atoms with Crippen molar-refractivity contribution < 1.29 is 19.1 Å². The predicted molar refractivity (Wildman–Crippen MR) is 141 cm³/mol. The molecule has 2 atom stereocenters. The Kier molecular flexibility index (Phi) is 8.35. The van der Waals surface area contributed by atoms with Crippen molar-refractivity contribution in [2.45, 2.75) is 62.9 Å². The fraction of sp³-hybridized carbons (Fsp3) is 0.556. The lowest BCUT2D eigenvalue weighted by Gasteiger charge is -2.32. The largest absolute Gasteiger partial charge is 0.378 e. The third-order valence-corrected chi connectivity index (χ3v) is 8.34. The highest BCUT2D eigenvalue weighted by Crippen LogP contribution is 2.34. The Bertz CT molecular complexity index is 1080. The quantitative estimate of drug-likeness (QED) is 0.595. The van der Waals surface area contributed by atoms with Gasteiger partial charge in [0.2, 0.25) is 5.91 Å². The van der Waals surface area contributed by atoms with E-state index < -0.39 is 12.1 Å². The molecule has 9 nitrogen and oxygen atoms in total. The van der Waals surface area contributed by atoms with Gasteiger partial charge in [-0.3, -0.25) is 9.59 Å². The zero-order chi connectivity index (χ0) is 25.6. The van der Waals surface area contributed by atoms with E-state index in [9.17, 15) is 14.4 Å². The van der Waals surface area contributed by atoms with Gasteiger partial charge in [0, 0.05) is 30.9 Å². The van der Waals surface area contributed by atoms with Gasteiger partial charge in [-0.05, 0) is 31.2 Å². The van der Waals surface area contributed by atoms with E-state index >= 15 is 0 Å². The number of amides is 4. The van der Waals surface area contributed by atoms with Crippen molar-refractivity contribution in [3.05, 3.63) is 47.0 Å². The number of benzene rings is 1. The van der Waals surface area contributed by atoms with Crippen LogP contribution in [0.4, 0.5) is 9.93 Å². The molecule has 2 saturated heterocycles. The Morgan fingerprint density at radius 3 is 2.49 bits per heavy atom. The standard InChI is InChI=1S/C27H35N5O4S/c33-24(30-26-28-21(18-37-26)19-8-3-1-4-9-19)22-12-7-13-32(22)25(34)23(20-10-5-2-6-11-20)29-27(35)31-14-16-36-17-15-31/h2,5-6,10-11,18-19,22-23H,1,3-4,7-9,12-17H2,(H,29,35)(H,28,30,33)/t22-,23+/m0/s1. The normalized spacial score (nSPS) is 21.5. The topological polar surface area (TPSA) is 104 Å². The molecule has 1 aliphatic carbocycles. The number of carbonyl (C=O) groups is 3. The molecule has 3 fully saturated rings. The average molecular weight is 526 g/mol. The summed E-state index contributed by atoms with van der Waals surface area (Å²) >= 11 is 1.45. The molecule has 3 heterocycles. The van der Waals surface area contributed by atoms with E-state index in [2.05, 4.69) is 16.0 Å². The molecule has 2 aliphatic heterocycles. The summed E-state index contributed by atoms with van der Waals surface area (Å²) in [6.07, 6.45) is 7.36. The number of hydrogen-bond donors (Lipinski definition) is 2. The van der Waals surface area contributed by atoms with Gasteiger partial charge in [-0.2, -0.15) is 0 Å². The van der Waals surface area contributed by atoms with Gasteiger partial charge < -0.3 is 25.2 Å². The molecule has 37 heavy (non-hydrogen) atoms. The molecular weight excluding hydrogens is 490 g/mol. The molecule has 4 amide bonds. The first-order valence-corrected chi connectivity index (χ1v) is 14.2. The van der Waals surface area contributed by atoms with Gasteiger partial charge >= 0.3 is 6.03 Å². The number of aromatic nitrogens is 1. The Morgan fingerprint density at radius 2 is 1.73 bits per heavy atom. The molecule has 0 spiro atoms. The lowest BCUT2D eigenvalue weighted by molar-refractivity contribution is -0.138. The molecule has 10 heteroatoms. The van der Waals surface area contributed by atoms with Crippen LogP contribution in [-0.2, 0) is 14.3 Å². The minimum absolute atomic E-state index is 0.221. The van der Waals surface area contributed by atoms with Crippen molar-refractivity contribution in [3.8, 4) is 0 Å². The Balaban J connectivity index is 1.28. The summed E-state index contributed by atoms with van der Waals surface area (Å²) < 4.78 is 5.35. The molecule has 1 saturated carbocycles. The van der Waals surface area contributed by atoms with E-state index in [0.717, 1.165) is 25.0 Å². The third-order valence-electron chi connectivity index (χ3n) is 7.56. The molecule has 2 aromatic rings. The number of likely N-dealkylation sites (tertiary alicyclic amines) is 1. The predicted octanol–water partition coefficient (Wildman–Crippen LogP) is 3.90. The van der Waals surface area contributed by atoms with Crippen LogP contribution in [0.2, 0.25) is 0 Å². The van der Waals surface area contributed by atoms with Crippen molar-refractivity contribution in [2.75, 3.05) is 38.2 Å². The number of ether oxygens (including phenoxy) is 1. The molecule has 2 N–H and O–H groups in total. The summed E-state index contributed by atoms with van der Waals surface area (Å²) in [5.74, 6) is -0.0175. The second kappa shape index (κ2) is 12.0. The lowest BCUT2D eigenvalue weighted by atomic mass is 9.87. The van der Waals surface area contributed by atoms with Crippen LogP contribution in [0.1, 0.15) is 68.2 Å². The van der Waals surface area contributed by atoms with Gasteiger partial charge in [0.15, 0.2) is 5.13 Å². The van der Waals surface area contributed by atoms with Gasteiger partial charge in [-0.1, -0.05) is 49.6 Å². The monoisotopic (exact) mass is 525 g/mol. The number of carbonyl (C=O) groups excluding carboxylic acids is 3. The molecule has 1 aromatic carbocycles. The second-order valence-corrected chi connectivity index (χ2v) is 10.8. The highest BCUT2D eigenvalue weighted by molar-refractivity contribution is 7.13. The van der Waals surface area contributed by atoms with Crippen molar-refractivity contribution in [1.82, 2.24) is 20.1 Å². The first kappa shape index (κ1) is 25.7. The highest BCUT2D eigenvalue weighted by Gasteiger charge is 2.39. The van der Waals surface area contributed by atoms with Crippen LogP contribution < -0.4 is 10.6 Å². The van der Waals surface area contributed by atoms with Gasteiger partial charge in [0.25, 0.3) is 5.91 Å². The van der Waals surface area contributed by atoms with Gasteiger partial charge in [-0.25, -0.2) is 9.78 Å². The van der Waals surface area contributed by atoms with Crippen molar-refractivity contribution in [1.29, 1.82) is 0 Å². The molecule has 5 rings (SSSR count). The number of hydrogen-bond acceptors (Lipinski definition) is 6. The van der Waals surface area contributed by atoms with E-state index in [-0.39, 0.29) is 17.8 Å². The third kappa shape index (κ3) is 6.13. The fourth-order valence-corrected chi connectivity index (χ4v) is 6.30. The number of thiazole rings is 1. The molecule has 0 radical (unpaired) electrons. The van der Waals surface area contributed by atoms with E-state index in [1.807, 2.05) is 30.3 Å². The van der Waals surface area contributed by atoms with Gasteiger partial charge in [0.05, 0.1) is 18.9 Å². The van der Waals surface area contributed by atoms with Crippen LogP contribution in [0.5, 0.6) is 0 Å². The van der Waals surface area contributed by atoms with Crippen LogP contribution in [0.15, 0.2) is 35.7 Å². The van der Waals surface area contributed by atoms with Crippen LogP contribution in [0, 0.1) is 0 Å². The van der Waals surface area contributed by atoms with E-state index in [0.29, 0.717) is 55.9 Å². The summed E-state index contributed by atoms with van der Waals surface area (Å²) in [7, 11) is 0. The maximum absolute atomic E-state index is 13.8. The summed E-state index contributed by atoms with van der Waals surface area (Å²) in [6, 6.07) is 7.45. The Hall–Kier alpha value is -2.98. The number of rotatable bonds is 6. The average Bonchev–Trinajstić information content (AvgIpc) is 3.63. The van der Waals surface area contributed by atoms with Gasteiger partial charge in [0.1, 0.15) is 12.1 Å². The SMILES string of the molecule is O=C(Nc1nc(C2CCCCC2)cs1)[C@@H]1CCCN1C(=O)[C@H](NC(=O)N1CCOCC1)c1ccccc1. The maximum atomic E-state index is 13.8. The van der Waals surface area contributed by atoms with E-state index in [1.54, 1.807) is 9.80 Å².